The maximum absolute atomic E-state index is 12.2. The molecule has 0 atom stereocenters. The highest BCUT2D eigenvalue weighted by molar-refractivity contribution is 7.20. The summed E-state index contributed by atoms with van der Waals surface area (Å²) in [4.78, 5) is 33.8. The first-order valence-electron chi connectivity index (χ1n) is 8.17. The molecule has 0 bridgehead atoms. The van der Waals surface area contributed by atoms with E-state index in [9.17, 15) is 4.79 Å². The first-order chi connectivity index (χ1) is 12.0. The normalized spacial score (nSPS) is 14.6. The van der Waals surface area contributed by atoms with Gasteiger partial charge in [0.1, 0.15) is 0 Å². The summed E-state index contributed by atoms with van der Waals surface area (Å²) in [5, 5.41) is 16.0. The molecule has 2 heterocycles. The molecule has 1 aliphatic heterocycles. The van der Waals surface area contributed by atoms with Crippen LogP contribution in [0, 0.1) is 0 Å². The van der Waals surface area contributed by atoms with Gasteiger partial charge in [-0.05, 0) is 43.5 Å². The van der Waals surface area contributed by atoms with E-state index in [1.807, 2.05) is 18.2 Å². The number of ketones is 1. The molecule has 7 heteroatoms. The largest absolute Gasteiger partial charge is 0.473 e. The highest BCUT2D eigenvalue weighted by Crippen LogP contribution is 2.26. The van der Waals surface area contributed by atoms with Crippen LogP contribution in [0.25, 0.3) is 10.1 Å². The van der Waals surface area contributed by atoms with Gasteiger partial charge in [0.15, 0.2) is 5.78 Å². The maximum atomic E-state index is 12.2. The Morgan fingerprint density at radius 2 is 1.64 bits per heavy atom. The third kappa shape index (κ3) is 5.95. The molecule has 1 aromatic carbocycles. The summed E-state index contributed by atoms with van der Waals surface area (Å²) >= 11 is 1.62. The Kier molecular flexibility index (Phi) is 7.09. The number of carbonyl (C=O) groups excluding carboxylic acids is 1. The Balaban J connectivity index is 0.000000326. The summed E-state index contributed by atoms with van der Waals surface area (Å²) in [5.74, 6) is -3.35. The Labute approximate surface area is 149 Å². The first kappa shape index (κ1) is 19.1. The SMILES string of the molecule is O=C(CCN1CCCCC1)c1cc2ccccc2s1.O=C(O)C(=O)O. The quantitative estimate of drug-likeness (QED) is 0.640. The minimum atomic E-state index is -1.82. The zero-order valence-corrected chi connectivity index (χ0v) is 14.6. The molecule has 0 radical (unpaired) electrons. The molecule has 1 fully saturated rings. The van der Waals surface area contributed by atoms with Crippen LogP contribution in [0.3, 0.4) is 0 Å². The molecule has 6 nitrogen and oxygen atoms in total. The fraction of sp³-hybridized carbons (Fsp3) is 0.389. The average Bonchev–Trinajstić information content (AvgIpc) is 3.05. The van der Waals surface area contributed by atoms with E-state index in [0.29, 0.717) is 12.2 Å². The molecule has 1 aromatic heterocycles. The van der Waals surface area contributed by atoms with E-state index >= 15 is 0 Å². The van der Waals surface area contributed by atoms with Gasteiger partial charge >= 0.3 is 11.9 Å². The van der Waals surface area contributed by atoms with Gasteiger partial charge in [0.05, 0.1) is 4.88 Å². The number of rotatable bonds is 4. The van der Waals surface area contributed by atoms with Crippen LogP contribution >= 0.6 is 11.3 Å². The Morgan fingerprint density at radius 1 is 1.00 bits per heavy atom. The van der Waals surface area contributed by atoms with E-state index in [0.717, 1.165) is 11.4 Å². The summed E-state index contributed by atoms with van der Waals surface area (Å²) in [6.45, 7) is 3.26. The molecule has 2 aromatic rings. The fourth-order valence-electron chi connectivity index (χ4n) is 2.69. The van der Waals surface area contributed by atoms with E-state index in [4.69, 9.17) is 19.8 Å². The second-order valence-electron chi connectivity index (χ2n) is 5.83. The van der Waals surface area contributed by atoms with Crippen LogP contribution in [0.5, 0.6) is 0 Å². The van der Waals surface area contributed by atoms with Gasteiger partial charge in [0.2, 0.25) is 0 Å². The summed E-state index contributed by atoms with van der Waals surface area (Å²) in [5.41, 5.74) is 0. The van der Waals surface area contributed by atoms with Crippen molar-refractivity contribution in [3.63, 3.8) is 0 Å². The number of carboxylic acids is 2. The van der Waals surface area contributed by atoms with Gasteiger partial charge in [-0.25, -0.2) is 9.59 Å². The van der Waals surface area contributed by atoms with Crippen molar-refractivity contribution in [3.8, 4) is 0 Å². The highest BCUT2D eigenvalue weighted by atomic mass is 32.1. The second-order valence-corrected chi connectivity index (χ2v) is 6.92. The number of hydrogen-bond acceptors (Lipinski definition) is 5. The predicted molar refractivity (Wildman–Crippen MR) is 96.3 cm³/mol. The lowest BCUT2D eigenvalue weighted by Gasteiger charge is -2.25. The first-order valence-corrected chi connectivity index (χ1v) is 8.99. The van der Waals surface area contributed by atoms with E-state index < -0.39 is 11.9 Å². The topological polar surface area (TPSA) is 94.9 Å². The molecule has 0 unspecified atom stereocenters. The Hall–Kier alpha value is -2.25. The lowest BCUT2D eigenvalue weighted by atomic mass is 10.1. The number of carboxylic acid groups (broad SMARTS) is 2. The van der Waals surface area contributed by atoms with Crippen molar-refractivity contribution >= 4 is 39.1 Å². The summed E-state index contributed by atoms with van der Waals surface area (Å²) < 4.78 is 1.21. The maximum Gasteiger partial charge on any atom is 0.414 e. The van der Waals surface area contributed by atoms with E-state index in [1.165, 1.54) is 42.4 Å². The number of aliphatic carboxylic acids is 2. The number of likely N-dealkylation sites (tertiary alicyclic amines) is 1. The molecule has 2 N–H and O–H groups in total. The molecular weight excluding hydrogens is 342 g/mol. The van der Waals surface area contributed by atoms with E-state index in [-0.39, 0.29) is 0 Å². The highest BCUT2D eigenvalue weighted by Gasteiger charge is 2.14. The van der Waals surface area contributed by atoms with Gasteiger partial charge in [0.25, 0.3) is 0 Å². The monoisotopic (exact) mass is 363 g/mol. The zero-order chi connectivity index (χ0) is 18.2. The van der Waals surface area contributed by atoms with E-state index in [2.05, 4.69) is 17.0 Å². The standard InChI is InChI=1S/C16H19NOS.C2H2O4/c18-14(8-11-17-9-4-1-5-10-17)16-12-13-6-2-3-7-15(13)19-16;3-1(4)2(5)6/h2-3,6-7,12H,1,4-5,8-11H2;(H,3,4)(H,5,6). The molecule has 1 aliphatic rings. The molecule has 0 amide bonds. The van der Waals surface area contributed by atoms with Gasteiger partial charge in [-0.3, -0.25) is 4.79 Å². The van der Waals surface area contributed by atoms with Crippen LogP contribution in [0.1, 0.15) is 35.4 Å². The van der Waals surface area contributed by atoms with Crippen LogP contribution < -0.4 is 0 Å². The second kappa shape index (κ2) is 9.29. The summed E-state index contributed by atoms with van der Waals surface area (Å²) in [6.07, 6.45) is 4.59. The third-order valence-electron chi connectivity index (χ3n) is 3.99. The van der Waals surface area contributed by atoms with Crippen LogP contribution in [-0.2, 0) is 9.59 Å². The molecular formula is C18H21NO5S. The molecule has 3 rings (SSSR count). The number of piperidine rings is 1. The van der Waals surface area contributed by atoms with Gasteiger partial charge in [-0.1, -0.05) is 24.6 Å². The van der Waals surface area contributed by atoms with Crippen LogP contribution in [-0.4, -0.2) is 52.5 Å². The smallest absolute Gasteiger partial charge is 0.414 e. The Bertz CT molecular complexity index is 704. The van der Waals surface area contributed by atoms with E-state index in [1.54, 1.807) is 11.3 Å². The Morgan fingerprint density at radius 3 is 2.24 bits per heavy atom. The summed E-state index contributed by atoms with van der Waals surface area (Å²) in [7, 11) is 0. The van der Waals surface area contributed by atoms with Crippen molar-refractivity contribution < 1.29 is 24.6 Å². The van der Waals surface area contributed by atoms with Crippen molar-refractivity contribution in [2.75, 3.05) is 19.6 Å². The number of hydrogen-bond donors (Lipinski definition) is 2. The van der Waals surface area contributed by atoms with Crippen molar-refractivity contribution in [1.82, 2.24) is 4.90 Å². The summed E-state index contributed by atoms with van der Waals surface area (Å²) in [6, 6.07) is 10.3. The number of thiophene rings is 1. The minimum absolute atomic E-state index is 0.298. The van der Waals surface area contributed by atoms with Crippen molar-refractivity contribution in [2.24, 2.45) is 0 Å². The predicted octanol–water partition coefficient (Wildman–Crippen LogP) is 3.12. The number of nitrogens with zero attached hydrogens (tertiary/aromatic N) is 1. The number of benzene rings is 1. The molecule has 0 aliphatic carbocycles. The minimum Gasteiger partial charge on any atom is -0.473 e. The third-order valence-corrected chi connectivity index (χ3v) is 5.14. The number of fused-ring (bicyclic) bond motifs is 1. The van der Waals surface area contributed by atoms with Gasteiger partial charge < -0.3 is 15.1 Å². The number of Topliss-reactive ketones (excluding diaryl/α,β-unsaturated/α-hetero) is 1. The number of carbonyl (C=O) groups is 3. The molecule has 0 saturated carbocycles. The van der Waals surface area contributed by atoms with Gasteiger partial charge in [-0.2, -0.15) is 0 Å². The lowest BCUT2D eigenvalue weighted by Crippen LogP contribution is -2.31. The molecule has 134 valence electrons. The van der Waals surface area contributed by atoms with Gasteiger partial charge in [-0.15, -0.1) is 11.3 Å². The molecule has 25 heavy (non-hydrogen) atoms. The zero-order valence-electron chi connectivity index (χ0n) is 13.8. The fourth-order valence-corrected chi connectivity index (χ4v) is 3.72. The van der Waals surface area contributed by atoms with Crippen molar-refractivity contribution in [1.29, 1.82) is 0 Å². The lowest BCUT2D eigenvalue weighted by molar-refractivity contribution is -0.159. The van der Waals surface area contributed by atoms with Crippen LogP contribution in [0.15, 0.2) is 30.3 Å². The molecule has 1 saturated heterocycles. The van der Waals surface area contributed by atoms with Crippen LogP contribution in [0.4, 0.5) is 0 Å². The van der Waals surface area contributed by atoms with Crippen LogP contribution in [0.2, 0.25) is 0 Å². The average molecular weight is 363 g/mol. The van der Waals surface area contributed by atoms with Gasteiger partial charge in [0, 0.05) is 17.7 Å². The van der Waals surface area contributed by atoms with Crippen molar-refractivity contribution in [2.45, 2.75) is 25.7 Å². The molecule has 0 spiro atoms. The van der Waals surface area contributed by atoms with Crippen molar-refractivity contribution in [3.05, 3.63) is 35.2 Å².